The molecule has 0 radical (unpaired) electrons. The molecule has 7 heteroatoms. The van der Waals surface area contributed by atoms with E-state index in [1.807, 2.05) is 13.8 Å². The molecule has 2 amide bonds. The number of nitrogens with one attached hydrogen (secondary N) is 2. The summed E-state index contributed by atoms with van der Waals surface area (Å²) in [6.07, 6.45) is 4.03. The summed E-state index contributed by atoms with van der Waals surface area (Å²) >= 11 is 0. The Morgan fingerprint density at radius 1 is 1.12 bits per heavy atom. The van der Waals surface area contributed by atoms with Crippen LogP contribution in [-0.2, 0) is 4.79 Å². The number of carbonyl (C=O) groups excluding carboxylic acids is 1. The molecular weight excluding hydrogens is 336 g/mol. The van der Waals surface area contributed by atoms with Gasteiger partial charge in [-0.05, 0) is 37.8 Å². The SMILES string of the molecule is CCC1(CC)Oc2ccc(NC(=O)NC3CCC(C(=O)O)CC3)cc2O1. The molecule has 26 heavy (non-hydrogen) atoms. The van der Waals surface area contributed by atoms with Gasteiger partial charge in [-0.25, -0.2) is 4.79 Å². The van der Waals surface area contributed by atoms with Crippen molar-refractivity contribution in [3.63, 3.8) is 0 Å². The zero-order valence-electron chi connectivity index (χ0n) is 15.2. The molecule has 1 heterocycles. The van der Waals surface area contributed by atoms with E-state index >= 15 is 0 Å². The number of ether oxygens (including phenoxy) is 2. The van der Waals surface area contributed by atoms with Gasteiger partial charge in [-0.1, -0.05) is 13.8 Å². The minimum absolute atomic E-state index is 0.00689. The van der Waals surface area contributed by atoms with Crippen LogP contribution in [0.1, 0.15) is 52.4 Å². The molecule has 1 aliphatic heterocycles. The fourth-order valence-corrected chi connectivity index (χ4v) is 3.55. The lowest BCUT2D eigenvalue weighted by molar-refractivity contribution is -0.142. The monoisotopic (exact) mass is 362 g/mol. The third-order valence-corrected chi connectivity index (χ3v) is 5.28. The minimum atomic E-state index is -0.747. The minimum Gasteiger partial charge on any atom is -0.481 e. The van der Waals surface area contributed by atoms with E-state index in [2.05, 4.69) is 10.6 Å². The Hall–Kier alpha value is -2.44. The zero-order valence-corrected chi connectivity index (χ0v) is 15.2. The zero-order chi connectivity index (χ0) is 18.7. The number of carbonyl (C=O) groups is 2. The molecule has 1 aromatic rings. The van der Waals surface area contributed by atoms with Gasteiger partial charge in [0.1, 0.15) is 0 Å². The maximum atomic E-state index is 12.2. The van der Waals surface area contributed by atoms with E-state index in [9.17, 15) is 9.59 Å². The highest BCUT2D eigenvalue weighted by Gasteiger charge is 2.38. The standard InChI is InChI=1S/C19H26N2O5/c1-3-19(4-2)25-15-10-9-14(11-16(15)26-19)21-18(24)20-13-7-5-12(6-8-13)17(22)23/h9-13H,3-8H2,1-2H3,(H,22,23)(H2,20,21,24). The van der Waals surface area contributed by atoms with Crippen molar-refractivity contribution in [2.45, 2.75) is 64.2 Å². The smallest absolute Gasteiger partial charge is 0.319 e. The van der Waals surface area contributed by atoms with Gasteiger partial charge in [0, 0.05) is 30.6 Å². The summed E-state index contributed by atoms with van der Waals surface area (Å²) in [7, 11) is 0. The molecule has 0 spiro atoms. The molecule has 0 bridgehead atoms. The van der Waals surface area contributed by atoms with Gasteiger partial charge in [0.2, 0.25) is 0 Å². The van der Waals surface area contributed by atoms with E-state index in [0.717, 1.165) is 12.8 Å². The molecule has 1 aliphatic carbocycles. The van der Waals surface area contributed by atoms with Crippen molar-refractivity contribution < 1.29 is 24.2 Å². The van der Waals surface area contributed by atoms with Crippen molar-refractivity contribution in [3.8, 4) is 11.5 Å². The van der Waals surface area contributed by atoms with Crippen LogP contribution in [0.5, 0.6) is 11.5 Å². The van der Waals surface area contributed by atoms with Crippen molar-refractivity contribution >= 4 is 17.7 Å². The van der Waals surface area contributed by atoms with Gasteiger partial charge in [-0.3, -0.25) is 4.79 Å². The van der Waals surface area contributed by atoms with Gasteiger partial charge in [-0.15, -0.1) is 0 Å². The normalized spacial score (nSPS) is 23.3. The van der Waals surface area contributed by atoms with Crippen LogP contribution < -0.4 is 20.1 Å². The van der Waals surface area contributed by atoms with Crippen molar-refractivity contribution in [2.24, 2.45) is 5.92 Å². The Kier molecular flexibility index (Phi) is 5.25. The van der Waals surface area contributed by atoms with Gasteiger partial charge >= 0.3 is 12.0 Å². The van der Waals surface area contributed by atoms with Gasteiger partial charge in [-0.2, -0.15) is 0 Å². The lowest BCUT2D eigenvalue weighted by atomic mass is 9.86. The summed E-state index contributed by atoms with van der Waals surface area (Å²) in [5.41, 5.74) is 0.632. The number of anilines is 1. The molecule has 142 valence electrons. The number of carboxylic acids is 1. The van der Waals surface area contributed by atoms with E-state index < -0.39 is 11.8 Å². The maximum absolute atomic E-state index is 12.2. The third-order valence-electron chi connectivity index (χ3n) is 5.28. The Labute approximate surface area is 153 Å². The van der Waals surface area contributed by atoms with Crippen molar-refractivity contribution in [1.29, 1.82) is 0 Å². The Morgan fingerprint density at radius 2 is 1.77 bits per heavy atom. The Balaban J connectivity index is 1.54. The summed E-state index contributed by atoms with van der Waals surface area (Å²) in [6, 6.07) is 5.07. The first-order valence-corrected chi connectivity index (χ1v) is 9.27. The van der Waals surface area contributed by atoms with Gasteiger partial charge < -0.3 is 25.2 Å². The average Bonchev–Trinajstić information content (AvgIpc) is 3.00. The fraction of sp³-hybridized carbons (Fsp3) is 0.579. The van der Waals surface area contributed by atoms with E-state index in [0.29, 0.717) is 42.9 Å². The van der Waals surface area contributed by atoms with Gasteiger partial charge in [0.25, 0.3) is 5.79 Å². The summed E-state index contributed by atoms with van der Waals surface area (Å²) in [5, 5.41) is 14.8. The van der Waals surface area contributed by atoms with E-state index in [-0.39, 0.29) is 18.0 Å². The van der Waals surface area contributed by atoms with Crippen LogP contribution in [0.25, 0.3) is 0 Å². The second kappa shape index (κ2) is 7.43. The number of fused-ring (bicyclic) bond motifs is 1. The molecular formula is C19H26N2O5. The molecule has 7 nitrogen and oxygen atoms in total. The molecule has 1 aromatic carbocycles. The number of urea groups is 1. The first-order chi connectivity index (χ1) is 12.4. The molecule has 0 unspecified atom stereocenters. The first kappa shape index (κ1) is 18.4. The third kappa shape index (κ3) is 3.86. The fourth-order valence-electron chi connectivity index (χ4n) is 3.55. The Morgan fingerprint density at radius 3 is 2.38 bits per heavy atom. The van der Waals surface area contributed by atoms with Crippen LogP contribution in [-0.4, -0.2) is 28.9 Å². The van der Waals surface area contributed by atoms with Gasteiger partial charge in [0.05, 0.1) is 5.92 Å². The summed E-state index contributed by atoms with van der Waals surface area (Å²) < 4.78 is 11.9. The number of carboxylic acid groups (broad SMARTS) is 1. The highest BCUT2D eigenvalue weighted by Crippen LogP contribution is 2.43. The van der Waals surface area contributed by atoms with Crippen LogP contribution >= 0.6 is 0 Å². The van der Waals surface area contributed by atoms with Crippen LogP contribution in [0.3, 0.4) is 0 Å². The van der Waals surface area contributed by atoms with Crippen molar-refractivity contribution in [1.82, 2.24) is 5.32 Å². The van der Waals surface area contributed by atoms with E-state index in [1.54, 1.807) is 18.2 Å². The summed E-state index contributed by atoms with van der Waals surface area (Å²) in [6.45, 7) is 4.03. The number of aliphatic carboxylic acids is 1. The predicted molar refractivity (Wildman–Crippen MR) is 96.5 cm³/mol. The summed E-state index contributed by atoms with van der Waals surface area (Å²) in [4.78, 5) is 23.2. The molecule has 0 saturated heterocycles. The number of rotatable bonds is 5. The van der Waals surface area contributed by atoms with Crippen LogP contribution in [0.2, 0.25) is 0 Å². The largest absolute Gasteiger partial charge is 0.481 e. The van der Waals surface area contributed by atoms with Crippen LogP contribution in [0.4, 0.5) is 10.5 Å². The topological polar surface area (TPSA) is 96.9 Å². The quantitative estimate of drug-likeness (QED) is 0.741. The molecule has 3 rings (SSSR count). The van der Waals surface area contributed by atoms with Crippen molar-refractivity contribution in [3.05, 3.63) is 18.2 Å². The number of benzene rings is 1. The molecule has 2 aliphatic rings. The lowest BCUT2D eigenvalue weighted by Crippen LogP contribution is -2.40. The molecule has 1 saturated carbocycles. The predicted octanol–water partition coefficient (Wildman–Crippen LogP) is 3.74. The number of hydrogen-bond donors (Lipinski definition) is 3. The lowest BCUT2D eigenvalue weighted by Gasteiger charge is -2.26. The first-order valence-electron chi connectivity index (χ1n) is 9.27. The second-order valence-electron chi connectivity index (χ2n) is 6.97. The van der Waals surface area contributed by atoms with Crippen LogP contribution in [0.15, 0.2) is 18.2 Å². The van der Waals surface area contributed by atoms with Crippen molar-refractivity contribution in [2.75, 3.05) is 5.32 Å². The molecule has 0 atom stereocenters. The molecule has 0 aromatic heterocycles. The number of hydrogen-bond acceptors (Lipinski definition) is 4. The van der Waals surface area contributed by atoms with E-state index in [4.69, 9.17) is 14.6 Å². The van der Waals surface area contributed by atoms with Crippen LogP contribution in [0, 0.1) is 5.92 Å². The van der Waals surface area contributed by atoms with Gasteiger partial charge in [0.15, 0.2) is 11.5 Å². The summed E-state index contributed by atoms with van der Waals surface area (Å²) in [5.74, 6) is -0.336. The molecule has 3 N–H and O–H groups in total. The molecule has 1 fully saturated rings. The maximum Gasteiger partial charge on any atom is 0.319 e. The highest BCUT2D eigenvalue weighted by atomic mass is 16.7. The highest BCUT2D eigenvalue weighted by molar-refractivity contribution is 5.90. The average molecular weight is 362 g/mol. The van der Waals surface area contributed by atoms with E-state index in [1.165, 1.54) is 0 Å². The Bertz CT molecular complexity index is 679. The number of amides is 2. The second-order valence-corrected chi connectivity index (χ2v) is 6.97.